The average Bonchev–Trinajstić information content (AvgIpc) is 4.03. The van der Waals surface area contributed by atoms with Crippen molar-refractivity contribution in [2.24, 2.45) is 0 Å². The number of rotatable bonds is 10. The van der Waals surface area contributed by atoms with E-state index in [2.05, 4.69) is 31.7 Å². The van der Waals surface area contributed by atoms with Gasteiger partial charge in [-0.25, -0.2) is 22.5 Å². The number of anilines is 3. The number of hydrogen-bond acceptors (Lipinski definition) is 10. The SMILES string of the molecule is C=C1CCC(N2C(=O)c3cc(F)c(N4CCC(N5CCN(c6ccc(-c7cnc8[nH]cc(C(=O)c9c(F)ccc(NS(=O)(=O)N%10CC[C@@H](F)C%10)c9F)c8c7)cc6)CC5)CC4)cc3C2=O)C(=O)N1. The van der Waals surface area contributed by atoms with Crippen molar-refractivity contribution in [2.75, 3.05) is 66.9 Å². The Hall–Kier alpha value is -6.64. The number of piperazine rings is 1. The van der Waals surface area contributed by atoms with Crippen LogP contribution < -0.4 is 19.8 Å². The van der Waals surface area contributed by atoms with E-state index in [4.69, 9.17) is 0 Å². The normalized spacial score (nSPS) is 21.1. The summed E-state index contributed by atoms with van der Waals surface area (Å²) in [6, 6.07) is 13.1. The first-order chi connectivity index (χ1) is 32.1. The molecule has 0 bridgehead atoms. The van der Waals surface area contributed by atoms with E-state index < -0.39 is 81.2 Å². The maximum atomic E-state index is 15.8. The molecule has 2 aromatic heterocycles. The first-order valence-corrected chi connectivity index (χ1v) is 23.6. The number of hydrogen-bond donors (Lipinski definition) is 3. The molecule has 67 heavy (non-hydrogen) atoms. The van der Waals surface area contributed by atoms with Crippen LogP contribution in [0, 0.1) is 17.5 Å². The summed E-state index contributed by atoms with van der Waals surface area (Å²) in [5.41, 5.74) is 1.92. The van der Waals surface area contributed by atoms with E-state index >= 15 is 13.2 Å². The summed E-state index contributed by atoms with van der Waals surface area (Å²) in [4.78, 5) is 68.0. The van der Waals surface area contributed by atoms with Gasteiger partial charge in [-0.15, -0.1) is 0 Å². The summed E-state index contributed by atoms with van der Waals surface area (Å²) in [7, 11) is -4.37. The third kappa shape index (κ3) is 8.09. The number of carbonyl (C=O) groups excluding carboxylic acids is 4. The average molecular weight is 940 g/mol. The predicted octanol–water partition coefficient (Wildman–Crippen LogP) is 5.76. The highest BCUT2D eigenvalue weighted by Gasteiger charge is 2.45. The van der Waals surface area contributed by atoms with E-state index in [0.717, 1.165) is 77.7 Å². The van der Waals surface area contributed by atoms with Crippen LogP contribution in [0.1, 0.15) is 68.7 Å². The molecule has 4 saturated heterocycles. The Bertz CT molecular complexity index is 2990. The number of imide groups is 1. The molecule has 1 unspecified atom stereocenters. The van der Waals surface area contributed by atoms with Crippen LogP contribution in [0.2, 0.25) is 0 Å². The van der Waals surface area contributed by atoms with E-state index in [-0.39, 0.29) is 47.8 Å². The Morgan fingerprint density at radius 1 is 0.806 bits per heavy atom. The number of aromatic nitrogens is 2. The Labute approximate surface area is 382 Å². The summed E-state index contributed by atoms with van der Waals surface area (Å²) in [5.74, 6) is -5.95. The zero-order chi connectivity index (χ0) is 46.9. The number of benzene rings is 3. The van der Waals surface area contributed by atoms with Crippen molar-refractivity contribution in [3.63, 3.8) is 0 Å². The minimum absolute atomic E-state index is 0.00866. The number of carbonyl (C=O) groups is 4. The number of ketones is 1. The van der Waals surface area contributed by atoms with Gasteiger partial charge in [0.15, 0.2) is 5.82 Å². The quantitative estimate of drug-likeness (QED) is 0.0890. The highest BCUT2D eigenvalue weighted by atomic mass is 32.2. The molecule has 3 aromatic carbocycles. The lowest BCUT2D eigenvalue weighted by molar-refractivity contribution is -0.125. The molecule has 20 heteroatoms. The van der Waals surface area contributed by atoms with Gasteiger partial charge in [-0.05, 0) is 80.1 Å². The van der Waals surface area contributed by atoms with Crippen molar-refractivity contribution in [1.82, 2.24) is 29.4 Å². The minimum atomic E-state index is -4.37. The topological polar surface area (TPSA) is 171 Å². The summed E-state index contributed by atoms with van der Waals surface area (Å²) < 4.78 is 88.7. The lowest BCUT2D eigenvalue weighted by Gasteiger charge is -2.44. The number of halogens is 4. The summed E-state index contributed by atoms with van der Waals surface area (Å²) in [5, 5.41) is 2.91. The number of amides is 3. The largest absolute Gasteiger partial charge is 0.369 e. The van der Waals surface area contributed by atoms with Crippen LogP contribution in [0.15, 0.2) is 79.3 Å². The maximum Gasteiger partial charge on any atom is 0.301 e. The number of allylic oxidation sites excluding steroid dienone is 1. The van der Waals surface area contributed by atoms with E-state index in [1.807, 2.05) is 33.9 Å². The Morgan fingerprint density at radius 2 is 1.52 bits per heavy atom. The molecule has 5 aromatic rings. The number of pyridine rings is 1. The number of alkyl halides is 1. The molecule has 5 aliphatic rings. The van der Waals surface area contributed by atoms with Crippen LogP contribution >= 0.6 is 0 Å². The van der Waals surface area contributed by atoms with Crippen molar-refractivity contribution < 1.29 is 45.2 Å². The lowest BCUT2D eigenvalue weighted by atomic mass is 9.99. The van der Waals surface area contributed by atoms with Crippen LogP contribution in [-0.4, -0.2) is 127 Å². The van der Waals surface area contributed by atoms with Gasteiger partial charge in [-0.2, -0.15) is 12.7 Å². The second kappa shape index (κ2) is 17.2. The molecular formula is C47H45F4N9O6S. The summed E-state index contributed by atoms with van der Waals surface area (Å²) in [6.45, 7) is 7.54. The second-order valence-electron chi connectivity index (χ2n) is 17.6. The lowest BCUT2D eigenvalue weighted by Crippen LogP contribution is -2.53. The fourth-order valence-electron chi connectivity index (χ4n) is 9.92. The molecule has 0 radical (unpaired) electrons. The number of H-pyrrole nitrogens is 1. The standard InChI is InChI=1S/C47H45F4N9O6S/c1-26-2-9-39(45(62)54-26)60-46(63)33-21-37(50)40(22-34(33)47(60)64)58-13-11-31(12-14-58)57-18-16-56(17-19-57)30-5-3-27(4-6-30)28-20-32-35(24-53-44(32)52-23-28)43(61)41-36(49)7-8-38(42(41)51)55-67(65,66)59-15-10-29(48)25-59/h3-8,20-24,29,31,39,55H,1-2,9-19,25H2,(H,52,53)(H,54,62)/t29-,39?/m1/s1. The molecule has 3 amide bonds. The minimum Gasteiger partial charge on any atom is -0.369 e. The number of fused-ring (bicyclic) bond motifs is 2. The van der Waals surface area contributed by atoms with Crippen molar-refractivity contribution in [3.8, 4) is 11.1 Å². The second-order valence-corrected chi connectivity index (χ2v) is 19.2. The van der Waals surface area contributed by atoms with Crippen LogP contribution in [0.4, 0.5) is 34.6 Å². The summed E-state index contributed by atoms with van der Waals surface area (Å²) in [6.07, 6.45) is 3.80. The molecule has 7 heterocycles. The van der Waals surface area contributed by atoms with Crippen molar-refractivity contribution in [2.45, 2.75) is 50.4 Å². The van der Waals surface area contributed by atoms with Crippen LogP contribution in [-0.2, 0) is 15.0 Å². The van der Waals surface area contributed by atoms with Gasteiger partial charge in [0.25, 0.3) is 11.8 Å². The Kier molecular flexibility index (Phi) is 11.4. The van der Waals surface area contributed by atoms with Gasteiger partial charge in [0.2, 0.25) is 11.7 Å². The van der Waals surface area contributed by atoms with Crippen molar-refractivity contribution in [3.05, 3.63) is 119 Å². The molecule has 0 spiro atoms. The molecule has 5 aliphatic heterocycles. The molecule has 15 nitrogen and oxygen atoms in total. The molecule has 10 rings (SSSR count). The maximum absolute atomic E-state index is 15.8. The Balaban J connectivity index is 0.760. The van der Waals surface area contributed by atoms with Gasteiger partial charge in [-0.3, -0.25) is 33.7 Å². The van der Waals surface area contributed by atoms with Gasteiger partial charge >= 0.3 is 10.2 Å². The van der Waals surface area contributed by atoms with Crippen LogP contribution in [0.5, 0.6) is 0 Å². The first-order valence-electron chi connectivity index (χ1n) is 22.1. The van der Waals surface area contributed by atoms with Gasteiger partial charge in [-0.1, -0.05) is 18.7 Å². The molecule has 4 fully saturated rings. The van der Waals surface area contributed by atoms with Crippen LogP contribution in [0.3, 0.4) is 0 Å². The van der Waals surface area contributed by atoms with Crippen molar-refractivity contribution >= 4 is 61.8 Å². The highest BCUT2D eigenvalue weighted by molar-refractivity contribution is 7.90. The molecule has 2 atom stereocenters. The van der Waals surface area contributed by atoms with Crippen molar-refractivity contribution in [1.29, 1.82) is 0 Å². The number of piperidine rings is 2. The van der Waals surface area contributed by atoms with Gasteiger partial charge in [0, 0.05) is 98.7 Å². The molecule has 348 valence electrons. The number of nitrogens with one attached hydrogen (secondary N) is 3. The number of nitrogens with zero attached hydrogens (tertiary/aromatic N) is 6. The van der Waals surface area contributed by atoms with E-state index in [0.29, 0.717) is 41.8 Å². The number of aromatic amines is 1. The van der Waals surface area contributed by atoms with Gasteiger partial charge in [0.1, 0.15) is 29.5 Å². The fraction of sp³-hybridized carbons (Fsp3) is 0.340. The fourth-order valence-corrected chi connectivity index (χ4v) is 11.2. The zero-order valence-corrected chi connectivity index (χ0v) is 36.9. The molecule has 3 N–H and O–H groups in total. The highest BCUT2D eigenvalue weighted by Crippen LogP contribution is 2.36. The Morgan fingerprint density at radius 3 is 2.21 bits per heavy atom. The van der Waals surface area contributed by atoms with Gasteiger partial charge in [0.05, 0.1) is 28.1 Å². The van der Waals surface area contributed by atoms with E-state index in [1.165, 1.54) is 12.3 Å². The van der Waals surface area contributed by atoms with Crippen LogP contribution in [0.25, 0.3) is 22.2 Å². The predicted molar refractivity (Wildman–Crippen MR) is 241 cm³/mol. The summed E-state index contributed by atoms with van der Waals surface area (Å²) >= 11 is 0. The van der Waals surface area contributed by atoms with Gasteiger partial charge < -0.3 is 20.1 Å². The first kappa shape index (κ1) is 44.2. The molecular weight excluding hydrogens is 895 g/mol. The molecule has 0 aliphatic carbocycles. The van der Waals surface area contributed by atoms with E-state index in [1.54, 1.807) is 12.3 Å². The third-order valence-electron chi connectivity index (χ3n) is 13.6. The smallest absolute Gasteiger partial charge is 0.301 e. The third-order valence-corrected chi connectivity index (χ3v) is 15.1. The monoisotopic (exact) mass is 939 g/mol. The molecule has 0 saturated carbocycles. The zero-order valence-electron chi connectivity index (χ0n) is 36.0. The van der Waals surface area contributed by atoms with E-state index in [9.17, 15) is 32.0 Å².